The van der Waals surface area contributed by atoms with Gasteiger partial charge in [0, 0.05) is 12.1 Å². The van der Waals surface area contributed by atoms with E-state index in [2.05, 4.69) is 33.4 Å². The van der Waals surface area contributed by atoms with Gasteiger partial charge in [-0.15, -0.1) is 11.3 Å². The molecule has 1 aliphatic rings. The number of aryl methyl sites for hydroxylation is 1. The molecule has 1 aliphatic heterocycles. The van der Waals surface area contributed by atoms with Crippen molar-refractivity contribution < 1.29 is 9.53 Å². The summed E-state index contributed by atoms with van der Waals surface area (Å²) < 4.78 is 5.30. The van der Waals surface area contributed by atoms with Crippen molar-refractivity contribution in [1.29, 1.82) is 0 Å². The van der Waals surface area contributed by atoms with Crippen molar-refractivity contribution in [3.8, 4) is 16.3 Å². The van der Waals surface area contributed by atoms with Gasteiger partial charge in [0.25, 0.3) is 5.91 Å². The molecule has 0 radical (unpaired) electrons. The summed E-state index contributed by atoms with van der Waals surface area (Å²) in [5, 5.41) is 6.20. The summed E-state index contributed by atoms with van der Waals surface area (Å²) in [4.78, 5) is 20.5. The number of rotatable bonds is 8. The summed E-state index contributed by atoms with van der Waals surface area (Å²) in [6.07, 6.45) is 4.81. The van der Waals surface area contributed by atoms with Gasteiger partial charge in [-0.2, -0.15) is 0 Å². The third-order valence-corrected chi connectivity index (χ3v) is 6.89. The van der Waals surface area contributed by atoms with Crippen LogP contribution in [0.3, 0.4) is 0 Å². The molecule has 2 aromatic carbocycles. The van der Waals surface area contributed by atoms with Gasteiger partial charge < -0.3 is 15.0 Å². The SMILES string of the molecule is COc1ccc2cc(-c3nc(C)c(C(=O)NCCCCN4CCCC4)s3)ccc2c1. The zero-order valence-corrected chi connectivity index (χ0v) is 18.6. The molecular formula is C24H29N3O2S. The minimum atomic E-state index is -0.0112. The number of methoxy groups -OCH3 is 1. The van der Waals surface area contributed by atoms with Gasteiger partial charge in [0.15, 0.2) is 0 Å². The van der Waals surface area contributed by atoms with E-state index in [1.807, 2.05) is 25.1 Å². The summed E-state index contributed by atoms with van der Waals surface area (Å²) in [6, 6.07) is 12.3. The molecule has 158 valence electrons. The van der Waals surface area contributed by atoms with E-state index < -0.39 is 0 Å². The first kappa shape index (κ1) is 20.8. The molecule has 2 heterocycles. The highest BCUT2D eigenvalue weighted by molar-refractivity contribution is 7.17. The number of hydrogen-bond acceptors (Lipinski definition) is 5. The molecule has 3 aromatic rings. The standard InChI is InChI=1S/C24H29N3O2S/c1-17-22(23(28)25-11-3-4-12-27-13-5-6-14-27)30-24(26-17)20-8-7-19-16-21(29-2)10-9-18(19)15-20/h7-10,15-16H,3-6,11-14H2,1-2H3,(H,25,28). The largest absolute Gasteiger partial charge is 0.497 e. The minimum Gasteiger partial charge on any atom is -0.497 e. The van der Waals surface area contributed by atoms with Crippen LogP contribution in [0.15, 0.2) is 36.4 Å². The fourth-order valence-corrected chi connectivity index (χ4v) is 4.94. The molecule has 6 heteroatoms. The molecule has 0 atom stereocenters. The zero-order chi connectivity index (χ0) is 20.9. The highest BCUT2D eigenvalue weighted by atomic mass is 32.1. The van der Waals surface area contributed by atoms with Gasteiger partial charge in [-0.05, 0) is 81.2 Å². The maximum Gasteiger partial charge on any atom is 0.263 e. The van der Waals surface area contributed by atoms with Crippen molar-refractivity contribution in [1.82, 2.24) is 15.2 Å². The van der Waals surface area contributed by atoms with E-state index in [1.54, 1.807) is 7.11 Å². The Morgan fingerprint density at radius 3 is 2.70 bits per heavy atom. The molecule has 5 nitrogen and oxygen atoms in total. The average Bonchev–Trinajstić information content (AvgIpc) is 3.42. The predicted molar refractivity (Wildman–Crippen MR) is 124 cm³/mol. The van der Waals surface area contributed by atoms with Crippen LogP contribution in [0.4, 0.5) is 0 Å². The van der Waals surface area contributed by atoms with E-state index in [0.717, 1.165) is 58.7 Å². The van der Waals surface area contributed by atoms with Crippen molar-refractivity contribution in [3.63, 3.8) is 0 Å². The monoisotopic (exact) mass is 423 g/mol. The molecule has 0 saturated carbocycles. The van der Waals surface area contributed by atoms with Crippen LogP contribution < -0.4 is 10.1 Å². The van der Waals surface area contributed by atoms with Gasteiger partial charge in [-0.3, -0.25) is 4.79 Å². The van der Waals surface area contributed by atoms with Crippen molar-refractivity contribution in [2.24, 2.45) is 0 Å². The van der Waals surface area contributed by atoms with Gasteiger partial charge in [-0.25, -0.2) is 4.98 Å². The molecule has 4 rings (SSSR count). The van der Waals surface area contributed by atoms with Crippen molar-refractivity contribution in [3.05, 3.63) is 47.0 Å². The van der Waals surface area contributed by atoms with Crippen molar-refractivity contribution in [2.75, 3.05) is 33.3 Å². The van der Waals surface area contributed by atoms with Gasteiger partial charge in [0.2, 0.25) is 0 Å². The Morgan fingerprint density at radius 1 is 1.13 bits per heavy atom. The van der Waals surface area contributed by atoms with Gasteiger partial charge >= 0.3 is 0 Å². The summed E-state index contributed by atoms with van der Waals surface area (Å²) in [5.74, 6) is 0.836. The van der Waals surface area contributed by atoms with E-state index in [1.165, 1.54) is 37.3 Å². The van der Waals surface area contributed by atoms with Crippen LogP contribution in [0.5, 0.6) is 5.75 Å². The van der Waals surface area contributed by atoms with Crippen LogP contribution in [-0.4, -0.2) is 49.1 Å². The normalized spacial score (nSPS) is 14.3. The van der Waals surface area contributed by atoms with Gasteiger partial charge in [0.1, 0.15) is 15.6 Å². The maximum absolute atomic E-state index is 12.6. The number of ether oxygens (including phenoxy) is 1. The minimum absolute atomic E-state index is 0.0112. The zero-order valence-electron chi connectivity index (χ0n) is 17.7. The number of aromatic nitrogens is 1. The third kappa shape index (κ3) is 4.82. The summed E-state index contributed by atoms with van der Waals surface area (Å²) >= 11 is 1.47. The van der Waals surface area contributed by atoms with E-state index in [4.69, 9.17) is 4.74 Å². The fraction of sp³-hybridized carbons (Fsp3) is 0.417. The predicted octanol–water partition coefficient (Wildman–Crippen LogP) is 4.89. The van der Waals surface area contributed by atoms with Crippen LogP contribution in [-0.2, 0) is 0 Å². The van der Waals surface area contributed by atoms with Crippen LogP contribution in [0, 0.1) is 6.92 Å². The molecule has 0 bridgehead atoms. The molecule has 0 spiro atoms. The molecule has 1 saturated heterocycles. The lowest BCUT2D eigenvalue weighted by Gasteiger charge is -2.13. The van der Waals surface area contributed by atoms with Gasteiger partial charge in [-0.1, -0.05) is 18.2 Å². The number of carbonyl (C=O) groups excluding carboxylic acids is 1. The molecule has 1 amide bonds. The van der Waals surface area contributed by atoms with Crippen LogP contribution >= 0.6 is 11.3 Å². The second kappa shape index (κ2) is 9.58. The lowest BCUT2D eigenvalue weighted by Crippen LogP contribution is -2.26. The van der Waals surface area contributed by atoms with Crippen molar-refractivity contribution >= 4 is 28.0 Å². The molecule has 1 aromatic heterocycles. The Bertz CT molecular complexity index is 1020. The van der Waals surface area contributed by atoms with E-state index in [9.17, 15) is 4.79 Å². The molecule has 1 fully saturated rings. The number of nitrogens with one attached hydrogen (secondary N) is 1. The Morgan fingerprint density at radius 2 is 1.90 bits per heavy atom. The Hall–Kier alpha value is -2.44. The number of unbranched alkanes of at least 4 members (excludes halogenated alkanes) is 1. The summed E-state index contributed by atoms with van der Waals surface area (Å²) in [5.41, 5.74) is 1.82. The van der Waals surface area contributed by atoms with E-state index in [0.29, 0.717) is 4.88 Å². The van der Waals surface area contributed by atoms with Gasteiger partial charge in [0.05, 0.1) is 12.8 Å². The topological polar surface area (TPSA) is 54.5 Å². The lowest BCUT2D eigenvalue weighted by atomic mass is 10.1. The Balaban J connectivity index is 1.37. The number of amides is 1. The second-order valence-electron chi connectivity index (χ2n) is 7.87. The first-order valence-corrected chi connectivity index (χ1v) is 11.5. The molecule has 30 heavy (non-hydrogen) atoms. The van der Waals surface area contributed by atoms with E-state index >= 15 is 0 Å². The summed E-state index contributed by atoms with van der Waals surface area (Å²) in [7, 11) is 1.67. The average molecular weight is 424 g/mol. The summed E-state index contributed by atoms with van der Waals surface area (Å²) in [6.45, 7) is 6.24. The lowest BCUT2D eigenvalue weighted by molar-refractivity contribution is 0.0956. The molecule has 0 aliphatic carbocycles. The smallest absolute Gasteiger partial charge is 0.263 e. The second-order valence-corrected chi connectivity index (χ2v) is 8.87. The fourth-order valence-electron chi connectivity index (χ4n) is 3.96. The highest BCUT2D eigenvalue weighted by Crippen LogP contribution is 2.31. The first-order valence-electron chi connectivity index (χ1n) is 10.7. The number of nitrogens with zero attached hydrogens (tertiary/aromatic N) is 2. The maximum atomic E-state index is 12.6. The number of benzene rings is 2. The molecule has 0 unspecified atom stereocenters. The quantitative estimate of drug-likeness (QED) is 0.524. The highest BCUT2D eigenvalue weighted by Gasteiger charge is 2.16. The Labute approximate surface area is 182 Å². The van der Waals surface area contributed by atoms with Crippen molar-refractivity contribution in [2.45, 2.75) is 32.6 Å². The molecule has 1 N–H and O–H groups in total. The van der Waals surface area contributed by atoms with Crippen LogP contribution in [0.25, 0.3) is 21.3 Å². The molecular weight excluding hydrogens is 394 g/mol. The number of thiazole rings is 1. The van der Waals surface area contributed by atoms with Crippen LogP contribution in [0.2, 0.25) is 0 Å². The van der Waals surface area contributed by atoms with E-state index in [-0.39, 0.29) is 5.91 Å². The Kier molecular flexibility index (Phi) is 6.65. The number of fused-ring (bicyclic) bond motifs is 1. The first-order chi connectivity index (χ1) is 14.6. The number of likely N-dealkylation sites (tertiary alicyclic amines) is 1. The number of carbonyl (C=O) groups is 1. The third-order valence-electron chi connectivity index (χ3n) is 5.68. The van der Waals surface area contributed by atoms with Crippen LogP contribution in [0.1, 0.15) is 41.0 Å². The number of hydrogen-bond donors (Lipinski definition) is 1.